The number of hydrogen-bond acceptors (Lipinski definition) is 1. The van der Waals surface area contributed by atoms with E-state index in [2.05, 4.69) is 0 Å². The second-order valence-electron chi connectivity index (χ2n) is 3.34. The molecule has 0 radical (unpaired) electrons. The van der Waals surface area contributed by atoms with E-state index < -0.39 is 17.6 Å². The lowest BCUT2D eigenvalue weighted by Crippen LogP contribution is -1.96. The van der Waals surface area contributed by atoms with Crippen molar-refractivity contribution in [1.82, 2.24) is 0 Å². The van der Waals surface area contributed by atoms with Crippen molar-refractivity contribution >= 4 is 5.97 Å². The topological polar surface area (TPSA) is 37.3 Å². The van der Waals surface area contributed by atoms with Gasteiger partial charge in [0.05, 0.1) is 0 Å². The SMILES string of the molecule is O=C(O)CCCCc1cc(F)ccc1F. The number of halogens is 2. The molecule has 0 unspecified atom stereocenters. The molecular formula is C11H12F2O2. The van der Waals surface area contributed by atoms with E-state index in [-0.39, 0.29) is 6.42 Å². The van der Waals surface area contributed by atoms with Gasteiger partial charge in [0, 0.05) is 6.42 Å². The monoisotopic (exact) mass is 214 g/mol. The maximum Gasteiger partial charge on any atom is 0.303 e. The van der Waals surface area contributed by atoms with Crippen LogP contribution in [-0.2, 0) is 11.2 Å². The Balaban J connectivity index is 2.43. The van der Waals surface area contributed by atoms with Crippen LogP contribution in [0.1, 0.15) is 24.8 Å². The molecule has 0 aromatic heterocycles. The number of carbonyl (C=O) groups is 1. The van der Waals surface area contributed by atoms with Crippen molar-refractivity contribution in [2.45, 2.75) is 25.7 Å². The van der Waals surface area contributed by atoms with Crippen molar-refractivity contribution in [3.8, 4) is 0 Å². The van der Waals surface area contributed by atoms with Gasteiger partial charge in [0.15, 0.2) is 0 Å². The Labute approximate surface area is 86.5 Å². The minimum Gasteiger partial charge on any atom is -0.481 e. The van der Waals surface area contributed by atoms with Gasteiger partial charge in [0.25, 0.3) is 0 Å². The standard InChI is InChI=1S/C11H12F2O2/c12-9-5-6-10(13)8(7-9)3-1-2-4-11(14)15/h5-7H,1-4H2,(H,14,15). The molecule has 0 atom stereocenters. The van der Waals surface area contributed by atoms with Gasteiger partial charge in [-0.15, -0.1) is 0 Å². The molecule has 0 aliphatic rings. The van der Waals surface area contributed by atoms with Crippen molar-refractivity contribution in [2.24, 2.45) is 0 Å². The summed E-state index contributed by atoms with van der Waals surface area (Å²) in [6, 6.07) is 3.30. The Morgan fingerprint density at radius 2 is 2.00 bits per heavy atom. The van der Waals surface area contributed by atoms with Crippen molar-refractivity contribution in [1.29, 1.82) is 0 Å². The Bertz CT molecular complexity index is 350. The zero-order valence-corrected chi connectivity index (χ0v) is 8.17. The zero-order valence-electron chi connectivity index (χ0n) is 8.17. The highest BCUT2D eigenvalue weighted by Crippen LogP contribution is 2.13. The molecule has 1 rings (SSSR count). The summed E-state index contributed by atoms with van der Waals surface area (Å²) < 4.78 is 25.8. The second kappa shape index (κ2) is 5.44. The number of hydrogen-bond donors (Lipinski definition) is 1. The van der Waals surface area contributed by atoms with Crippen molar-refractivity contribution in [3.63, 3.8) is 0 Å². The summed E-state index contributed by atoms with van der Waals surface area (Å²) in [6.45, 7) is 0. The molecule has 0 amide bonds. The van der Waals surface area contributed by atoms with Crippen LogP contribution in [0.5, 0.6) is 0 Å². The fourth-order valence-corrected chi connectivity index (χ4v) is 1.33. The highest BCUT2D eigenvalue weighted by molar-refractivity contribution is 5.66. The van der Waals surface area contributed by atoms with Crippen LogP contribution in [0.2, 0.25) is 0 Å². The van der Waals surface area contributed by atoms with Crippen molar-refractivity contribution in [2.75, 3.05) is 0 Å². The summed E-state index contributed by atoms with van der Waals surface area (Å²) in [6.07, 6.45) is 1.46. The Hall–Kier alpha value is -1.45. The van der Waals surface area contributed by atoms with Crippen LogP contribution < -0.4 is 0 Å². The largest absolute Gasteiger partial charge is 0.481 e. The number of benzene rings is 1. The zero-order chi connectivity index (χ0) is 11.3. The van der Waals surface area contributed by atoms with Crippen molar-refractivity contribution < 1.29 is 18.7 Å². The van der Waals surface area contributed by atoms with E-state index in [0.717, 1.165) is 18.2 Å². The van der Waals surface area contributed by atoms with Gasteiger partial charge in [-0.2, -0.15) is 0 Å². The molecule has 0 aliphatic heterocycles. The molecular weight excluding hydrogens is 202 g/mol. The lowest BCUT2D eigenvalue weighted by Gasteiger charge is -2.02. The van der Waals surface area contributed by atoms with Crippen LogP contribution in [-0.4, -0.2) is 11.1 Å². The van der Waals surface area contributed by atoms with Gasteiger partial charge in [-0.05, 0) is 43.0 Å². The lowest BCUT2D eigenvalue weighted by atomic mass is 10.1. The Morgan fingerprint density at radius 3 is 2.67 bits per heavy atom. The van der Waals surface area contributed by atoms with Crippen LogP contribution in [0.4, 0.5) is 8.78 Å². The Morgan fingerprint density at radius 1 is 1.27 bits per heavy atom. The van der Waals surface area contributed by atoms with E-state index in [0.29, 0.717) is 24.8 Å². The molecule has 0 saturated carbocycles. The minimum absolute atomic E-state index is 0.0664. The highest BCUT2D eigenvalue weighted by atomic mass is 19.1. The summed E-state index contributed by atoms with van der Waals surface area (Å²) in [5.41, 5.74) is 0.306. The molecule has 1 aromatic rings. The smallest absolute Gasteiger partial charge is 0.303 e. The van der Waals surface area contributed by atoms with Gasteiger partial charge in [-0.25, -0.2) is 8.78 Å². The van der Waals surface area contributed by atoms with Crippen LogP contribution >= 0.6 is 0 Å². The first kappa shape index (κ1) is 11.6. The first-order valence-corrected chi connectivity index (χ1v) is 4.75. The molecule has 0 fully saturated rings. The predicted octanol–water partition coefficient (Wildman–Crippen LogP) is 2.76. The van der Waals surface area contributed by atoms with Gasteiger partial charge in [0.2, 0.25) is 0 Å². The fraction of sp³-hybridized carbons (Fsp3) is 0.364. The van der Waals surface area contributed by atoms with Gasteiger partial charge < -0.3 is 5.11 Å². The molecule has 2 nitrogen and oxygen atoms in total. The number of aryl methyl sites for hydroxylation is 1. The summed E-state index contributed by atoms with van der Waals surface area (Å²) in [4.78, 5) is 10.2. The maximum absolute atomic E-state index is 13.1. The van der Waals surface area contributed by atoms with E-state index in [1.54, 1.807) is 0 Å². The first-order chi connectivity index (χ1) is 7.09. The molecule has 0 bridgehead atoms. The number of carboxylic acid groups (broad SMARTS) is 1. The fourth-order valence-electron chi connectivity index (χ4n) is 1.33. The average molecular weight is 214 g/mol. The molecule has 0 heterocycles. The number of rotatable bonds is 5. The van der Waals surface area contributed by atoms with E-state index in [4.69, 9.17) is 5.11 Å². The third kappa shape index (κ3) is 4.06. The average Bonchev–Trinajstić information content (AvgIpc) is 2.17. The highest BCUT2D eigenvalue weighted by Gasteiger charge is 2.04. The lowest BCUT2D eigenvalue weighted by molar-refractivity contribution is -0.137. The van der Waals surface area contributed by atoms with Crippen LogP contribution in [0.25, 0.3) is 0 Å². The van der Waals surface area contributed by atoms with E-state index in [9.17, 15) is 13.6 Å². The van der Waals surface area contributed by atoms with Gasteiger partial charge in [-0.1, -0.05) is 0 Å². The summed E-state index contributed by atoms with van der Waals surface area (Å²) in [5, 5.41) is 8.38. The number of carboxylic acids is 1. The van der Waals surface area contributed by atoms with Crippen molar-refractivity contribution in [3.05, 3.63) is 35.4 Å². The Kier molecular flexibility index (Phi) is 4.21. The summed E-state index contributed by atoms with van der Waals surface area (Å²) >= 11 is 0. The van der Waals surface area contributed by atoms with Crippen LogP contribution in [0.3, 0.4) is 0 Å². The van der Waals surface area contributed by atoms with Gasteiger partial charge in [0.1, 0.15) is 11.6 Å². The van der Waals surface area contributed by atoms with Gasteiger partial charge in [-0.3, -0.25) is 4.79 Å². The van der Waals surface area contributed by atoms with E-state index in [1.807, 2.05) is 0 Å². The molecule has 0 aliphatic carbocycles. The third-order valence-corrected chi connectivity index (χ3v) is 2.09. The quantitative estimate of drug-likeness (QED) is 0.765. The van der Waals surface area contributed by atoms with E-state index in [1.165, 1.54) is 0 Å². The van der Waals surface area contributed by atoms with Crippen LogP contribution in [0.15, 0.2) is 18.2 Å². The minimum atomic E-state index is -0.866. The molecule has 4 heteroatoms. The third-order valence-electron chi connectivity index (χ3n) is 2.09. The molecule has 15 heavy (non-hydrogen) atoms. The maximum atomic E-state index is 13.1. The molecule has 1 N–H and O–H groups in total. The summed E-state index contributed by atoms with van der Waals surface area (Å²) in [5.74, 6) is -1.77. The number of unbranched alkanes of at least 4 members (excludes halogenated alkanes) is 1. The van der Waals surface area contributed by atoms with E-state index >= 15 is 0 Å². The second-order valence-corrected chi connectivity index (χ2v) is 3.34. The number of aliphatic carboxylic acids is 1. The molecule has 82 valence electrons. The normalized spacial score (nSPS) is 10.3. The van der Waals surface area contributed by atoms with Gasteiger partial charge >= 0.3 is 5.97 Å². The van der Waals surface area contributed by atoms with Crippen LogP contribution in [0, 0.1) is 11.6 Å². The molecule has 0 saturated heterocycles. The first-order valence-electron chi connectivity index (χ1n) is 4.75. The predicted molar refractivity (Wildman–Crippen MR) is 51.5 cm³/mol. The summed E-state index contributed by atoms with van der Waals surface area (Å²) in [7, 11) is 0. The molecule has 1 aromatic carbocycles. The molecule has 0 spiro atoms.